The van der Waals surface area contributed by atoms with Crippen LogP contribution >= 0.6 is 11.6 Å². The van der Waals surface area contributed by atoms with Crippen LogP contribution in [0.15, 0.2) is 36.4 Å². The lowest BCUT2D eigenvalue weighted by Gasteiger charge is -2.16. The predicted molar refractivity (Wildman–Crippen MR) is 65.9 cm³/mol. The van der Waals surface area contributed by atoms with Crippen molar-refractivity contribution in [3.63, 3.8) is 0 Å². The molecule has 0 spiro atoms. The first-order chi connectivity index (χ1) is 7.50. The molecule has 0 saturated heterocycles. The molecule has 0 amide bonds. The van der Waals surface area contributed by atoms with E-state index >= 15 is 0 Å². The van der Waals surface area contributed by atoms with Crippen LogP contribution in [0, 0.1) is 0 Å². The minimum Gasteiger partial charge on any atom is -0.481 e. The molecule has 0 saturated carbocycles. The molecule has 0 radical (unpaired) electrons. The van der Waals surface area contributed by atoms with Gasteiger partial charge in [-0.3, -0.25) is 4.79 Å². The van der Waals surface area contributed by atoms with E-state index in [1.54, 1.807) is 0 Å². The van der Waals surface area contributed by atoms with Gasteiger partial charge in [-0.2, -0.15) is 0 Å². The average molecular weight is 239 g/mol. The number of rotatable bonds is 5. The Morgan fingerprint density at radius 3 is 2.44 bits per heavy atom. The minimum atomic E-state index is -0.778. The van der Waals surface area contributed by atoms with Crippen LogP contribution in [0.4, 0.5) is 0 Å². The van der Waals surface area contributed by atoms with E-state index in [4.69, 9.17) is 16.7 Å². The number of aliphatic carboxylic acids is 1. The van der Waals surface area contributed by atoms with Gasteiger partial charge in [0.15, 0.2) is 0 Å². The van der Waals surface area contributed by atoms with Crippen LogP contribution in [0.25, 0.3) is 0 Å². The second-order valence-corrected chi connectivity index (χ2v) is 4.32. The second kappa shape index (κ2) is 5.71. The number of halogens is 1. The molecule has 1 N–H and O–H groups in total. The maximum Gasteiger partial charge on any atom is 0.303 e. The van der Waals surface area contributed by atoms with E-state index in [1.807, 2.05) is 31.2 Å². The fraction of sp³-hybridized carbons (Fsp3) is 0.308. The minimum absolute atomic E-state index is 0.0911. The molecular weight excluding hydrogens is 224 g/mol. The van der Waals surface area contributed by atoms with E-state index in [2.05, 4.69) is 6.58 Å². The van der Waals surface area contributed by atoms with Crippen LogP contribution in [-0.2, 0) is 4.79 Å². The molecule has 1 unspecified atom stereocenters. The van der Waals surface area contributed by atoms with Gasteiger partial charge < -0.3 is 5.11 Å². The van der Waals surface area contributed by atoms with E-state index < -0.39 is 5.97 Å². The molecule has 1 atom stereocenters. The van der Waals surface area contributed by atoms with E-state index in [1.165, 1.54) is 0 Å². The summed E-state index contributed by atoms with van der Waals surface area (Å²) in [5, 5.41) is 9.37. The monoisotopic (exact) mass is 238 g/mol. The Morgan fingerprint density at radius 1 is 1.44 bits per heavy atom. The summed E-state index contributed by atoms with van der Waals surface area (Å²) < 4.78 is 0. The third kappa shape index (κ3) is 3.70. The van der Waals surface area contributed by atoms with Crippen molar-refractivity contribution in [2.45, 2.75) is 25.7 Å². The first-order valence-electron chi connectivity index (χ1n) is 5.13. The molecule has 0 bridgehead atoms. The van der Waals surface area contributed by atoms with Crippen molar-refractivity contribution in [2.24, 2.45) is 0 Å². The number of allylic oxidation sites excluding steroid dienone is 1. The van der Waals surface area contributed by atoms with Gasteiger partial charge in [-0.15, -0.1) is 0 Å². The summed E-state index contributed by atoms with van der Waals surface area (Å²) in [5.41, 5.74) is 2.04. The first kappa shape index (κ1) is 12.8. The fourth-order valence-electron chi connectivity index (χ4n) is 1.66. The molecule has 1 aromatic carbocycles. The highest BCUT2D eigenvalue weighted by atomic mass is 35.5. The Labute approximate surface area is 101 Å². The van der Waals surface area contributed by atoms with Gasteiger partial charge in [0.1, 0.15) is 0 Å². The number of hydrogen-bond acceptors (Lipinski definition) is 1. The molecule has 0 aromatic heterocycles. The van der Waals surface area contributed by atoms with Crippen molar-refractivity contribution in [3.05, 3.63) is 47.0 Å². The normalized spacial score (nSPS) is 12.1. The third-order valence-corrected chi connectivity index (χ3v) is 2.77. The van der Waals surface area contributed by atoms with E-state index in [0.29, 0.717) is 11.4 Å². The van der Waals surface area contributed by atoms with E-state index in [0.717, 1.165) is 11.1 Å². The molecule has 0 heterocycles. The van der Waals surface area contributed by atoms with Crippen molar-refractivity contribution < 1.29 is 9.90 Å². The molecule has 0 aliphatic rings. The van der Waals surface area contributed by atoms with Gasteiger partial charge in [-0.25, -0.2) is 0 Å². The standard InChI is InChI=1S/C13H15ClO2/c1-9(2)12(7-8-13(15)16)10-3-5-11(14)6-4-10/h3-6,12H,1,7-8H2,2H3,(H,15,16). The van der Waals surface area contributed by atoms with E-state index in [9.17, 15) is 4.79 Å². The number of carboxylic acid groups (broad SMARTS) is 1. The fourth-order valence-corrected chi connectivity index (χ4v) is 1.79. The van der Waals surface area contributed by atoms with Gasteiger partial charge >= 0.3 is 5.97 Å². The molecule has 1 rings (SSSR count). The molecule has 2 nitrogen and oxygen atoms in total. The smallest absolute Gasteiger partial charge is 0.303 e. The highest BCUT2D eigenvalue weighted by Gasteiger charge is 2.13. The Kier molecular flexibility index (Phi) is 4.56. The molecule has 0 aliphatic carbocycles. The van der Waals surface area contributed by atoms with Crippen LogP contribution in [0.3, 0.4) is 0 Å². The second-order valence-electron chi connectivity index (χ2n) is 3.88. The van der Waals surface area contributed by atoms with Gasteiger partial charge in [0.05, 0.1) is 0 Å². The van der Waals surface area contributed by atoms with Crippen molar-refractivity contribution in [3.8, 4) is 0 Å². The number of carboxylic acids is 1. The summed E-state index contributed by atoms with van der Waals surface area (Å²) in [7, 11) is 0. The summed E-state index contributed by atoms with van der Waals surface area (Å²) in [5.74, 6) is -0.686. The quantitative estimate of drug-likeness (QED) is 0.791. The van der Waals surface area contributed by atoms with E-state index in [-0.39, 0.29) is 12.3 Å². The van der Waals surface area contributed by atoms with Gasteiger partial charge in [0.25, 0.3) is 0 Å². The molecule has 0 aliphatic heterocycles. The van der Waals surface area contributed by atoms with Crippen LogP contribution in [-0.4, -0.2) is 11.1 Å². The van der Waals surface area contributed by atoms with Crippen LogP contribution in [0.5, 0.6) is 0 Å². The van der Waals surface area contributed by atoms with Gasteiger partial charge in [0.2, 0.25) is 0 Å². The maximum atomic E-state index is 10.6. The van der Waals surface area contributed by atoms with Gasteiger partial charge in [0, 0.05) is 17.4 Å². The van der Waals surface area contributed by atoms with Gasteiger partial charge in [-0.05, 0) is 31.0 Å². The highest BCUT2D eigenvalue weighted by Crippen LogP contribution is 2.28. The molecule has 86 valence electrons. The number of benzene rings is 1. The molecular formula is C13H15ClO2. The van der Waals surface area contributed by atoms with Crippen LogP contribution < -0.4 is 0 Å². The van der Waals surface area contributed by atoms with Crippen molar-refractivity contribution in [1.82, 2.24) is 0 Å². The lowest BCUT2D eigenvalue weighted by Crippen LogP contribution is -2.04. The average Bonchev–Trinajstić information content (AvgIpc) is 2.20. The Morgan fingerprint density at radius 2 is 2.00 bits per heavy atom. The van der Waals surface area contributed by atoms with Crippen molar-refractivity contribution in [2.75, 3.05) is 0 Å². The number of carbonyl (C=O) groups is 1. The summed E-state index contributed by atoms with van der Waals surface area (Å²) in [6.07, 6.45) is 0.729. The predicted octanol–water partition coefficient (Wildman–Crippen LogP) is 3.86. The number of hydrogen-bond donors (Lipinski definition) is 1. The Bertz CT molecular complexity index is 381. The Hall–Kier alpha value is -1.28. The largest absolute Gasteiger partial charge is 0.481 e. The summed E-state index contributed by atoms with van der Waals surface area (Å²) >= 11 is 5.81. The van der Waals surface area contributed by atoms with Crippen molar-refractivity contribution >= 4 is 17.6 Å². The van der Waals surface area contributed by atoms with Crippen LogP contribution in [0.1, 0.15) is 31.2 Å². The zero-order chi connectivity index (χ0) is 12.1. The topological polar surface area (TPSA) is 37.3 Å². The molecule has 0 fully saturated rings. The first-order valence-corrected chi connectivity index (χ1v) is 5.51. The lowest BCUT2D eigenvalue weighted by atomic mass is 9.89. The Balaban J connectivity index is 2.81. The SMILES string of the molecule is C=C(C)C(CCC(=O)O)c1ccc(Cl)cc1. The summed E-state index contributed by atoms with van der Waals surface area (Å²) in [6, 6.07) is 7.47. The summed E-state index contributed by atoms with van der Waals surface area (Å²) in [4.78, 5) is 10.6. The summed E-state index contributed by atoms with van der Waals surface area (Å²) in [6.45, 7) is 5.82. The molecule has 3 heteroatoms. The van der Waals surface area contributed by atoms with Crippen molar-refractivity contribution in [1.29, 1.82) is 0 Å². The molecule has 16 heavy (non-hydrogen) atoms. The third-order valence-electron chi connectivity index (χ3n) is 2.51. The maximum absolute atomic E-state index is 10.6. The van der Waals surface area contributed by atoms with Crippen LogP contribution in [0.2, 0.25) is 5.02 Å². The zero-order valence-electron chi connectivity index (χ0n) is 9.24. The lowest BCUT2D eigenvalue weighted by molar-refractivity contribution is -0.137. The zero-order valence-corrected chi connectivity index (χ0v) is 10.00. The van der Waals surface area contributed by atoms with Gasteiger partial charge in [-0.1, -0.05) is 35.9 Å². The molecule has 1 aromatic rings. The highest BCUT2D eigenvalue weighted by molar-refractivity contribution is 6.30.